The Bertz CT molecular complexity index is 435. The van der Waals surface area contributed by atoms with Crippen molar-refractivity contribution >= 4 is 31.3 Å². The van der Waals surface area contributed by atoms with Crippen LogP contribution >= 0.6 is 22.3 Å². The van der Waals surface area contributed by atoms with Crippen LogP contribution in [0.15, 0.2) is 12.1 Å². The zero-order valence-electron chi connectivity index (χ0n) is 6.67. The Balaban J connectivity index is 3.14. The van der Waals surface area contributed by atoms with Gasteiger partial charge < -0.3 is 5.11 Å². The number of halogens is 3. The summed E-state index contributed by atoms with van der Waals surface area (Å²) in [6.07, 6.45) is 0. The molecule has 1 N–H and O–H groups in total. The minimum atomic E-state index is -3.74. The molecular formula is C7H5Cl2FO3S. The third-order valence-corrected chi connectivity index (χ3v) is 2.69. The predicted molar refractivity (Wildman–Crippen MR) is 51.6 cm³/mol. The van der Waals surface area contributed by atoms with E-state index in [2.05, 4.69) is 0 Å². The van der Waals surface area contributed by atoms with E-state index in [1.165, 1.54) is 0 Å². The number of hydrogen-bond acceptors (Lipinski definition) is 3. The van der Waals surface area contributed by atoms with Gasteiger partial charge in [-0.05, 0) is 17.7 Å². The molecule has 0 unspecified atom stereocenters. The number of phenolic OH excluding ortho intramolecular Hbond substituents is 1. The Kier molecular flexibility index (Phi) is 3.24. The molecule has 1 rings (SSSR count). The van der Waals surface area contributed by atoms with Gasteiger partial charge in [-0.15, -0.1) is 0 Å². The smallest absolute Gasteiger partial charge is 0.236 e. The van der Waals surface area contributed by atoms with Crippen LogP contribution in [0.5, 0.6) is 5.75 Å². The van der Waals surface area contributed by atoms with Crippen LogP contribution < -0.4 is 0 Å². The van der Waals surface area contributed by atoms with Crippen molar-refractivity contribution in [1.29, 1.82) is 0 Å². The van der Waals surface area contributed by atoms with E-state index in [1.54, 1.807) is 0 Å². The first-order chi connectivity index (χ1) is 6.29. The highest BCUT2D eigenvalue weighted by Gasteiger charge is 2.12. The van der Waals surface area contributed by atoms with Crippen LogP contribution in [0.2, 0.25) is 5.02 Å². The third-order valence-electron chi connectivity index (χ3n) is 1.41. The van der Waals surface area contributed by atoms with Crippen LogP contribution in [0.4, 0.5) is 4.39 Å². The normalized spacial score (nSPS) is 11.6. The van der Waals surface area contributed by atoms with E-state index >= 15 is 0 Å². The summed E-state index contributed by atoms with van der Waals surface area (Å²) in [4.78, 5) is 0. The average Bonchev–Trinajstić information content (AvgIpc) is 1.96. The second-order valence-corrected chi connectivity index (χ2v) is 5.78. The zero-order chi connectivity index (χ0) is 10.9. The molecule has 0 heterocycles. The lowest BCUT2D eigenvalue weighted by atomic mass is 10.2. The maximum absolute atomic E-state index is 12.8. The maximum atomic E-state index is 12.8. The van der Waals surface area contributed by atoms with Crippen molar-refractivity contribution in [3.8, 4) is 5.75 Å². The zero-order valence-corrected chi connectivity index (χ0v) is 9.00. The van der Waals surface area contributed by atoms with E-state index in [1.807, 2.05) is 0 Å². The van der Waals surface area contributed by atoms with Crippen molar-refractivity contribution in [2.24, 2.45) is 0 Å². The molecule has 0 spiro atoms. The molecule has 14 heavy (non-hydrogen) atoms. The van der Waals surface area contributed by atoms with Crippen LogP contribution in [0.3, 0.4) is 0 Å². The number of phenols is 1. The Morgan fingerprint density at radius 3 is 2.43 bits per heavy atom. The van der Waals surface area contributed by atoms with Gasteiger partial charge in [0.1, 0.15) is 0 Å². The van der Waals surface area contributed by atoms with Crippen LogP contribution in [0.1, 0.15) is 5.56 Å². The molecule has 0 saturated heterocycles. The Morgan fingerprint density at radius 2 is 2.00 bits per heavy atom. The standard InChI is InChI=1S/C7H5Cl2FO3S/c8-5-1-4(3-14(9,12)13)2-6(11)7(5)10/h1-2,11H,3H2. The second kappa shape index (κ2) is 3.92. The Labute approximate surface area is 89.5 Å². The van der Waals surface area contributed by atoms with Crippen molar-refractivity contribution < 1.29 is 17.9 Å². The van der Waals surface area contributed by atoms with Crippen molar-refractivity contribution in [3.63, 3.8) is 0 Å². The van der Waals surface area contributed by atoms with Gasteiger partial charge in [0.2, 0.25) is 9.05 Å². The molecule has 0 atom stereocenters. The Hall–Kier alpha value is -0.520. The quantitative estimate of drug-likeness (QED) is 0.829. The van der Waals surface area contributed by atoms with Gasteiger partial charge in [0, 0.05) is 10.7 Å². The lowest BCUT2D eigenvalue weighted by molar-refractivity contribution is 0.432. The van der Waals surface area contributed by atoms with E-state index in [-0.39, 0.29) is 10.6 Å². The summed E-state index contributed by atoms with van der Waals surface area (Å²) in [5.41, 5.74) is 0.129. The highest BCUT2D eigenvalue weighted by molar-refractivity contribution is 8.13. The van der Waals surface area contributed by atoms with E-state index in [0.717, 1.165) is 12.1 Å². The highest BCUT2D eigenvalue weighted by Crippen LogP contribution is 2.26. The van der Waals surface area contributed by atoms with Gasteiger partial charge >= 0.3 is 0 Å². The van der Waals surface area contributed by atoms with Crippen molar-refractivity contribution in [3.05, 3.63) is 28.5 Å². The van der Waals surface area contributed by atoms with Gasteiger partial charge in [-0.25, -0.2) is 12.8 Å². The molecule has 0 amide bonds. The summed E-state index contributed by atoms with van der Waals surface area (Å²) in [6, 6.07) is 2.05. The second-order valence-electron chi connectivity index (χ2n) is 2.59. The topological polar surface area (TPSA) is 54.4 Å². The minimum Gasteiger partial charge on any atom is -0.505 e. The first-order valence-electron chi connectivity index (χ1n) is 3.39. The maximum Gasteiger partial charge on any atom is 0.236 e. The largest absolute Gasteiger partial charge is 0.505 e. The molecule has 0 saturated carbocycles. The number of hydrogen-bond donors (Lipinski definition) is 1. The first-order valence-corrected chi connectivity index (χ1v) is 6.24. The molecule has 0 bridgehead atoms. The van der Waals surface area contributed by atoms with Gasteiger partial charge in [-0.3, -0.25) is 0 Å². The van der Waals surface area contributed by atoms with Gasteiger partial charge in [0.15, 0.2) is 11.6 Å². The summed E-state index contributed by atoms with van der Waals surface area (Å²) in [6.45, 7) is 0. The summed E-state index contributed by atoms with van der Waals surface area (Å²) < 4.78 is 34.1. The first kappa shape index (κ1) is 11.6. The predicted octanol–water partition coefficient (Wildman–Crippen LogP) is 2.25. The van der Waals surface area contributed by atoms with E-state index in [9.17, 15) is 12.8 Å². The molecule has 0 aliphatic carbocycles. The fraction of sp³-hybridized carbons (Fsp3) is 0.143. The highest BCUT2D eigenvalue weighted by atomic mass is 35.7. The molecule has 1 aromatic carbocycles. The summed E-state index contributed by atoms with van der Waals surface area (Å²) in [7, 11) is 1.22. The van der Waals surface area contributed by atoms with Gasteiger partial charge in [0.05, 0.1) is 10.8 Å². The molecule has 78 valence electrons. The van der Waals surface area contributed by atoms with Crippen LogP contribution in [0, 0.1) is 5.82 Å². The van der Waals surface area contributed by atoms with Crippen LogP contribution in [0.25, 0.3) is 0 Å². The molecule has 3 nitrogen and oxygen atoms in total. The number of benzene rings is 1. The van der Waals surface area contributed by atoms with Crippen molar-refractivity contribution in [2.75, 3.05) is 0 Å². The van der Waals surface area contributed by atoms with E-state index in [4.69, 9.17) is 27.4 Å². The third kappa shape index (κ3) is 3.01. The lowest BCUT2D eigenvalue weighted by Crippen LogP contribution is -1.95. The molecule has 0 fully saturated rings. The van der Waals surface area contributed by atoms with Crippen molar-refractivity contribution in [2.45, 2.75) is 5.75 Å². The number of aromatic hydroxyl groups is 1. The minimum absolute atomic E-state index is 0.129. The average molecular weight is 259 g/mol. The monoisotopic (exact) mass is 258 g/mol. The summed E-state index contributed by atoms with van der Waals surface area (Å²) >= 11 is 5.38. The lowest BCUT2D eigenvalue weighted by Gasteiger charge is -2.02. The molecule has 7 heteroatoms. The van der Waals surface area contributed by atoms with Gasteiger partial charge in [0.25, 0.3) is 0 Å². The van der Waals surface area contributed by atoms with Crippen LogP contribution in [-0.4, -0.2) is 13.5 Å². The Morgan fingerprint density at radius 1 is 1.43 bits per heavy atom. The molecule has 0 radical (unpaired) electrons. The van der Waals surface area contributed by atoms with Gasteiger partial charge in [-0.2, -0.15) is 0 Å². The number of rotatable bonds is 2. The van der Waals surface area contributed by atoms with Gasteiger partial charge in [-0.1, -0.05) is 11.6 Å². The van der Waals surface area contributed by atoms with E-state index < -0.39 is 26.4 Å². The van der Waals surface area contributed by atoms with Crippen molar-refractivity contribution in [1.82, 2.24) is 0 Å². The molecule has 0 aromatic heterocycles. The fourth-order valence-electron chi connectivity index (χ4n) is 0.912. The molecular weight excluding hydrogens is 254 g/mol. The fourth-order valence-corrected chi connectivity index (χ4v) is 2.09. The molecule has 1 aromatic rings. The summed E-state index contributed by atoms with van der Waals surface area (Å²) in [5.74, 6) is -2.20. The molecule has 0 aliphatic rings. The van der Waals surface area contributed by atoms with E-state index in [0.29, 0.717) is 0 Å². The SMILES string of the molecule is O=S(=O)(Cl)Cc1cc(O)c(F)c(Cl)c1. The molecule has 0 aliphatic heterocycles. The van der Waals surface area contributed by atoms with Crippen LogP contribution in [-0.2, 0) is 14.8 Å². The summed E-state index contributed by atoms with van der Waals surface area (Å²) in [5, 5.41) is 8.63.